The first kappa shape index (κ1) is 33.5. The van der Waals surface area contributed by atoms with E-state index in [1.807, 2.05) is 61.3 Å². The second kappa shape index (κ2) is 16.1. The Morgan fingerprint density at radius 1 is 0.957 bits per heavy atom. The molecule has 10 nitrogen and oxygen atoms in total. The summed E-state index contributed by atoms with van der Waals surface area (Å²) in [5, 5.41) is 9.06. The van der Waals surface area contributed by atoms with Crippen molar-refractivity contribution in [2.24, 2.45) is 0 Å². The van der Waals surface area contributed by atoms with Crippen molar-refractivity contribution in [1.82, 2.24) is 19.4 Å². The van der Waals surface area contributed by atoms with Crippen molar-refractivity contribution >= 4 is 11.6 Å². The van der Waals surface area contributed by atoms with Gasteiger partial charge in [0.15, 0.2) is 0 Å². The first-order valence-electron chi connectivity index (χ1n) is 16.2. The number of hydrogen-bond acceptors (Lipinski definition) is 7. The van der Waals surface area contributed by atoms with Gasteiger partial charge in [0, 0.05) is 51.5 Å². The van der Waals surface area contributed by atoms with Crippen molar-refractivity contribution in [3.05, 3.63) is 106 Å². The first-order valence-corrected chi connectivity index (χ1v) is 16.2. The van der Waals surface area contributed by atoms with Gasteiger partial charge in [0.25, 0.3) is 5.91 Å². The summed E-state index contributed by atoms with van der Waals surface area (Å²) in [6.45, 7) is 18.5. The maximum atomic E-state index is 13.5. The number of amides is 1. The van der Waals surface area contributed by atoms with E-state index in [0.717, 1.165) is 48.6 Å². The van der Waals surface area contributed by atoms with Crippen molar-refractivity contribution in [2.75, 3.05) is 46.0 Å². The molecule has 5 rings (SSSR count). The van der Waals surface area contributed by atoms with E-state index in [2.05, 4.69) is 26.2 Å². The van der Waals surface area contributed by atoms with Crippen molar-refractivity contribution in [3.8, 4) is 23.0 Å². The summed E-state index contributed by atoms with van der Waals surface area (Å²) in [5.74, 6) is 3.20. The van der Waals surface area contributed by atoms with Crippen LogP contribution in [0.1, 0.15) is 52.8 Å². The molecular formula is C37H43N5O5. The molecule has 1 aromatic heterocycles. The average molecular weight is 638 g/mol. The lowest BCUT2D eigenvalue weighted by molar-refractivity contribution is 0.0621. The summed E-state index contributed by atoms with van der Waals surface area (Å²) in [5.41, 5.74) is 4.09. The van der Waals surface area contributed by atoms with Crippen LogP contribution in [-0.2, 0) is 13.1 Å². The van der Waals surface area contributed by atoms with Gasteiger partial charge in [-0.1, -0.05) is 43.7 Å². The molecule has 2 heterocycles. The summed E-state index contributed by atoms with van der Waals surface area (Å²) in [4.78, 5) is 26.1. The standard InChI is InChI=1S/C37H43N5O5/c1-5-6-20-46-36-27(2)9-7-12-33(36)37(44)41-17-15-40(16-18-41)26-30-24-39-28(3)42(30)25-29-13-14-34(38-4)35(22-29)47-32-11-8-10-31(23-32)45-21-19-43/h7-14,22-24,43H,5-6,15-21,25-26H2,1-3H3. The topological polar surface area (TPSA) is 93.7 Å². The van der Waals surface area contributed by atoms with Crippen molar-refractivity contribution < 1.29 is 24.1 Å². The summed E-state index contributed by atoms with van der Waals surface area (Å²) in [7, 11) is 0. The van der Waals surface area contributed by atoms with Gasteiger partial charge in [-0.25, -0.2) is 9.83 Å². The number of carbonyl (C=O) groups is 1. The number of benzene rings is 3. The Kier molecular flexibility index (Phi) is 11.5. The molecule has 0 spiro atoms. The molecule has 1 amide bonds. The van der Waals surface area contributed by atoms with Gasteiger partial charge in [-0.2, -0.15) is 0 Å². The molecule has 1 N–H and O–H groups in total. The fraction of sp³-hybridized carbons (Fsp3) is 0.378. The Morgan fingerprint density at radius 2 is 1.74 bits per heavy atom. The Morgan fingerprint density at radius 3 is 2.51 bits per heavy atom. The number of aromatic nitrogens is 2. The molecule has 0 bridgehead atoms. The minimum absolute atomic E-state index is 0.0195. The average Bonchev–Trinajstić information content (AvgIpc) is 3.42. The van der Waals surface area contributed by atoms with Gasteiger partial charge in [-0.05, 0) is 55.7 Å². The predicted molar refractivity (Wildman–Crippen MR) is 181 cm³/mol. The summed E-state index contributed by atoms with van der Waals surface area (Å²) >= 11 is 0. The van der Waals surface area contributed by atoms with Gasteiger partial charge >= 0.3 is 0 Å². The summed E-state index contributed by atoms with van der Waals surface area (Å²) in [6.07, 6.45) is 3.91. The normalized spacial score (nSPS) is 13.3. The van der Waals surface area contributed by atoms with Crippen LogP contribution in [-0.4, -0.2) is 76.4 Å². The third-order valence-electron chi connectivity index (χ3n) is 8.25. The minimum atomic E-state index is -0.0790. The molecule has 1 fully saturated rings. The molecule has 10 heteroatoms. The third-order valence-corrected chi connectivity index (χ3v) is 8.25. The molecule has 246 valence electrons. The first-order chi connectivity index (χ1) is 22.9. The van der Waals surface area contributed by atoms with Crippen LogP contribution in [0.3, 0.4) is 0 Å². The zero-order chi connectivity index (χ0) is 33.2. The molecule has 0 unspecified atom stereocenters. The van der Waals surface area contributed by atoms with Crippen LogP contribution in [0.5, 0.6) is 23.0 Å². The highest BCUT2D eigenvalue weighted by Gasteiger charge is 2.26. The number of unbranched alkanes of at least 4 members (excludes halogenated alkanes) is 1. The Labute approximate surface area is 276 Å². The van der Waals surface area contributed by atoms with E-state index >= 15 is 0 Å². The molecule has 0 radical (unpaired) electrons. The van der Waals surface area contributed by atoms with Gasteiger partial charge < -0.3 is 28.8 Å². The van der Waals surface area contributed by atoms with Crippen LogP contribution in [0.4, 0.5) is 5.69 Å². The molecule has 1 aliphatic heterocycles. The number of para-hydroxylation sites is 1. The Bertz CT molecular complexity index is 1700. The van der Waals surface area contributed by atoms with E-state index in [0.29, 0.717) is 67.0 Å². The van der Waals surface area contributed by atoms with Gasteiger partial charge in [0.05, 0.1) is 31.0 Å². The van der Waals surface area contributed by atoms with E-state index < -0.39 is 0 Å². The van der Waals surface area contributed by atoms with Crippen LogP contribution in [0.25, 0.3) is 4.85 Å². The molecule has 1 aliphatic rings. The lowest BCUT2D eigenvalue weighted by Gasteiger charge is -2.35. The smallest absolute Gasteiger partial charge is 0.257 e. The van der Waals surface area contributed by atoms with Gasteiger partial charge in [-0.3, -0.25) is 9.69 Å². The number of carbonyl (C=O) groups excluding carboxylic acids is 1. The van der Waals surface area contributed by atoms with Crippen LogP contribution in [0.15, 0.2) is 66.9 Å². The minimum Gasteiger partial charge on any atom is -0.492 e. The molecular weight excluding hydrogens is 594 g/mol. The largest absolute Gasteiger partial charge is 0.492 e. The lowest BCUT2D eigenvalue weighted by Crippen LogP contribution is -2.48. The molecule has 0 saturated carbocycles. The Balaban J connectivity index is 1.23. The third kappa shape index (κ3) is 8.50. The molecule has 0 atom stereocenters. The summed E-state index contributed by atoms with van der Waals surface area (Å²) in [6, 6.07) is 18.5. The van der Waals surface area contributed by atoms with Gasteiger partial charge in [0.1, 0.15) is 35.4 Å². The van der Waals surface area contributed by atoms with Gasteiger partial charge in [-0.15, -0.1) is 0 Å². The van der Waals surface area contributed by atoms with Crippen LogP contribution in [0, 0.1) is 20.4 Å². The molecule has 0 aliphatic carbocycles. The lowest BCUT2D eigenvalue weighted by atomic mass is 10.1. The summed E-state index contributed by atoms with van der Waals surface area (Å²) < 4.78 is 19.9. The van der Waals surface area contributed by atoms with Crippen LogP contribution in [0.2, 0.25) is 0 Å². The molecule has 1 saturated heterocycles. The zero-order valence-electron chi connectivity index (χ0n) is 27.4. The molecule has 3 aromatic carbocycles. The fourth-order valence-electron chi connectivity index (χ4n) is 5.63. The number of aryl methyl sites for hydroxylation is 2. The SMILES string of the molecule is [C-]#[N+]c1ccc(Cn2c(CN3CCN(C(=O)c4cccc(C)c4OCCCC)CC3)cnc2C)cc1Oc1cccc(OCCO)c1. The highest BCUT2D eigenvalue weighted by molar-refractivity contribution is 5.97. The number of ether oxygens (including phenoxy) is 3. The highest BCUT2D eigenvalue weighted by atomic mass is 16.5. The Hall–Kier alpha value is -4.85. The number of nitrogens with zero attached hydrogens (tertiary/aromatic N) is 5. The fourth-order valence-corrected chi connectivity index (χ4v) is 5.63. The van der Waals surface area contributed by atoms with E-state index in [4.69, 9.17) is 25.9 Å². The number of aliphatic hydroxyl groups is 1. The quantitative estimate of drug-likeness (QED) is 0.126. The number of hydrogen-bond donors (Lipinski definition) is 1. The number of piperazine rings is 1. The van der Waals surface area contributed by atoms with Crippen molar-refractivity contribution in [1.29, 1.82) is 0 Å². The van der Waals surface area contributed by atoms with E-state index in [1.54, 1.807) is 24.3 Å². The maximum absolute atomic E-state index is 13.5. The number of aliphatic hydroxyl groups excluding tert-OH is 1. The van der Waals surface area contributed by atoms with Gasteiger partial charge in [0.2, 0.25) is 5.69 Å². The van der Waals surface area contributed by atoms with Crippen LogP contribution < -0.4 is 14.2 Å². The van der Waals surface area contributed by atoms with Crippen LogP contribution >= 0.6 is 0 Å². The zero-order valence-corrected chi connectivity index (χ0v) is 27.4. The van der Waals surface area contributed by atoms with E-state index in [1.165, 1.54) is 0 Å². The number of rotatable bonds is 14. The second-order valence-electron chi connectivity index (χ2n) is 11.7. The highest BCUT2D eigenvalue weighted by Crippen LogP contribution is 2.34. The molecule has 4 aromatic rings. The second-order valence-corrected chi connectivity index (χ2v) is 11.7. The maximum Gasteiger partial charge on any atom is 0.257 e. The number of imidazole rings is 1. The van der Waals surface area contributed by atoms with E-state index in [-0.39, 0.29) is 19.1 Å². The van der Waals surface area contributed by atoms with Crippen molar-refractivity contribution in [3.63, 3.8) is 0 Å². The predicted octanol–water partition coefficient (Wildman–Crippen LogP) is 6.40. The monoisotopic (exact) mass is 637 g/mol. The van der Waals surface area contributed by atoms with Crippen molar-refractivity contribution in [2.45, 2.75) is 46.7 Å². The van der Waals surface area contributed by atoms with E-state index in [9.17, 15) is 4.79 Å². The molecule has 47 heavy (non-hydrogen) atoms.